The van der Waals surface area contributed by atoms with E-state index in [2.05, 4.69) is 5.32 Å². The fourth-order valence-corrected chi connectivity index (χ4v) is 4.26. The summed E-state index contributed by atoms with van der Waals surface area (Å²) in [5, 5.41) is 2.90. The first-order chi connectivity index (χ1) is 12.5. The van der Waals surface area contributed by atoms with Crippen molar-refractivity contribution in [1.29, 1.82) is 0 Å². The lowest BCUT2D eigenvalue weighted by atomic mass is 9.86. The molecule has 1 aliphatic rings. The highest BCUT2D eigenvalue weighted by Gasteiger charge is 2.38. The van der Waals surface area contributed by atoms with Crippen LogP contribution < -0.4 is 10.1 Å². The minimum absolute atomic E-state index is 0.0190. The molecule has 26 heavy (non-hydrogen) atoms. The van der Waals surface area contributed by atoms with Crippen LogP contribution in [0.5, 0.6) is 5.75 Å². The minimum atomic E-state index is -0.835. The summed E-state index contributed by atoms with van der Waals surface area (Å²) in [6.45, 7) is 4.42. The summed E-state index contributed by atoms with van der Waals surface area (Å²) in [7, 11) is 0. The summed E-state index contributed by atoms with van der Waals surface area (Å²) < 4.78 is 17.9. The van der Waals surface area contributed by atoms with E-state index in [4.69, 9.17) is 4.74 Å². The third-order valence-electron chi connectivity index (χ3n) is 4.69. The Kier molecular flexibility index (Phi) is 5.89. The first kappa shape index (κ1) is 18.8. The van der Waals surface area contributed by atoms with Crippen LogP contribution in [0.15, 0.2) is 48.5 Å². The molecule has 0 spiro atoms. The summed E-state index contributed by atoms with van der Waals surface area (Å²) >= 11 is -0.835. The van der Waals surface area contributed by atoms with Gasteiger partial charge >= 0.3 is 0 Å². The number of rotatable bonds is 8. The van der Waals surface area contributed by atoms with E-state index >= 15 is 0 Å². The second-order valence-electron chi connectivity index (χ2n) is 7.12. The Bertz CT molecular complexity index is 761. The van der Waals surface area contributed by atoms with Crippen molar-refractivity contribution in [2.75, 3.05) is 17.7 Å². The van der Waals surface area contributed by atoms with Gasteiger partial charge in [-0.05, 0) is 61.6 Å². The number of fused-ring (bicyclic) bond motifs is 1. The molecule has 0 saturated carbocycles. The fourth-order valence-electron chi connectivity index (χ4n) is 3.03. The fraction of sp³-hybridized carbons (Fsp3) is 0.381. The van der Waals surface area contributed by atoms with E-state index in [1.54, 1.807) is 0 Å². The van der Waals surface area contributed by atoms with Gasteiger partial charge < -0.3 is 14.6 Å². The highest BCUT2D eigenvalue weighted by Crippen LogP contribution is 2.39. The van der Waals surface area contributed by atoms with Gasteiger partial charge in [0, 0.05) is 11.3 Å². The number of hydrogen-bond donors (Lipinski definition) is 1. The van der Waals surface area contributed by atoms with Gasteiger partial charge in [-0.1, -0.05) is 30.3 Å². The zero-order valence-electron chi connectivity index (χ0n) is 15.3. The third kappa shape index (κ3) is 4.40. The number of carbonyl (C=O) groups is 1. The van der Waals surface area contributed by atoms with E-state index in [-0.39, 0.29) is 5.91 Å². The van der Waals surface area contributed by atoms with Crippen molar-refractivity contribution >= 4 is 22.8 Å². The first-order valence-electron chi connectivity index (χ1n) is 8.94. The van der Waals surface area contributed by atoms with E-state index in [9.17, 15) is 9.35 Å². The highest BCUT2D eigenvalue weighted by molar-refractivity contribution is 7.90. The summed E-state index contributed by atoms with van der Waals surface area (Å²) in [4.78, 5) is 12.0. The van der Waals surface area contributed by atoms with Gasteiger partial charge in [0.1, 0.15) is 17.3 Å². The molecule has 1 N–H and O–H groups in total. The molecular formula is C21H25NO3S. The predicted molar refractivity (Wildman–Crippen MR) is 106 cm³/mol. The van der Waals surface area contributed by atoms with Gasteiger partial charge in [0.25, 0.3) is 0 Å². The first-order valence-corrected chi connectivity index (χ1v) is 10.4. The lowest BCUT2D eigenvalue weighted by molar-refractivity contribution is -0.119. The second kappa shape index (κ2) is 8.14. The molecule has 138 valence electrons. The molecule has 0 aliphatic carbocycles. The quantitative estimate of drug-likeness (QED) is 0.563. The van der Waals surface area contributed by atoms with E-state index < -0.39 is 16.6 Å². The van der Waals surface area contributed by atoms with Gasteiger partial charge in [-0.2, -0.15) is 0 Å². The summed E-state index contributed by atoms with van der Waals surface area (Å²) in [5.41, 5.74) is 2.43. The SMILES string of the molecule is CC1(C)C(=O)Nc2ccc(OCCCC[S+]([O-])Cc3ccccc3)cc21. The molecular weight excluding hydrogens is 346 g/mol. The largest absolute Gasteiger partial charge is 0.616 e. The number of anilines is 1. The van der Waals surface area contributed by atoms with Gasteiger partial charge in [0.05, 0.1) is 12.0 Å². The third-order valence-corrected chi connectivity index (χ3v) is 6.09. The predicted octanol–water partition coefficient (Wildman–Crippen LogP) is 4.02. The standard InChI is InChI=1S/C21H25NO3S/c1-21(2)18-14-17(10-11-19(18)22-20(21)23)25-12-6-7-13-26(24)15-16-8-4-3-5-9-16/h3-5,8-11,14H,6-7,12-13,15H2,1-2H3,(H,22,23). The summed E-state index contributed by atoms with van der Waals surface area (Å²) in [6, 6.07) is 15.7. The highest BCUT2D eigenvalue weighted by atomic mass is 32.2. The van der Waals surface area contributed by atoms with Crippen molar-refractivity contribution in [3.05, 3.63) is 59.7 Å². The summed E-state index contributed by atoms with van der Waals surface area (Å²) in [6.07, 6.45) is 1.73. The van der Waals surface area contributed by atoms with Gasteiger partial charge in [0.2, 0.25) is 5.91 Å². The molecule has 0 radical (unpaired) electrons. The van der Waals surface area contributed by atoms with Gasteiger partial charge in [-0.15, -0.1) is 0 Å². The Morgan fingerprint density at radius 2 is 1.88 bits per heavy atom. The number of carbonyl (C=O) groups excluding carboxylic acids is 1. The van der Waals surface area contributed by atoms with E-state index in [0.717, 1.165) is 35.4 Å². The number of hydrogen-bond acceptors (Lipinski definition) is 3. The lowest BCUT2D eigenvalue weighted by Gasteiger charge is -2.16. The van der Waals surface area contributed by atoms with Crippen molar-refractivity contribution in [3.63, 3.8) is 0 Å². The monoisotopic (exact) mass is 371 g/mol. The number of ether oxygens (including phenoxy) is 1. The molecule has 0 fully saturated rings. The molecule has 4 nitrogen and oxygen atoms in total. The van der Waals surface area contributed by atoms with Crippen LogP contribution in [0, 0.1) is 0 Å². The molecule has 1 atom stereocenters. The molecule has 1 heterocycles. The molecule has 1 unspecified atom stereocenters. The van der Waals surface area contributed by atoms with Crippen LogP contribution in [-0.2, 0) is 27.1 Å². The van der Waals surface area contributed by atoms with Crippen LogP contribution in [-0.4, -0.2) is 22.8 Å². The maximum absolute atomic E-state index is 12.1. The smallest absolute Gasteiger partial charge is 0.234 e. The average molecular weight is 372 g/mol. The Morgan fingerprint density at radius 3 is 2.65 bits per heavy atom. The van der Waals surface area contributed by atoms with E-state index in [0.29, 0.717) is 18.1 Å². The van der Waals surface area contributed by atoms with Crippen LogP contribution in [0.4, 0.5) is 5.69 Å². The zero-order chi connectivity index (χ0) is 18.6. The Balaban J connectivity index is 1.41. The van der Waals surface area contributed by atoms with Crippen LogP contribution in [0.25, 0.3) is 0 Å². The number of benzene rings is 2. The lowest BCUT2D eigenvalue weighted by Crippen LogP contribution is -2.26. The molecule has 0 aromatic heterocycles. The molecule has 0 bridgehead atoms. The number of unbranched alkanes of at least 4 members (excludes halogenated alkanes) is 1. The maximum Gasteiger partial charge on any atom is 0.234 e. The maximum atomic E-state index is 12.1. The van der Waals surface area contributed by atoms with E-state index in [1.165, 1.54) is 0 Å². The van der Waals surface area contributed by atoms with Crippen molar-refractivity contribution < 1.29 is 14.1 Å². The minimum Gasteiger partial charge on any atom is -0.616 e. The Morgan fingerprint density at radius 1 is 1.12 bits per heavy atom. The van der Waals surface area contributed by atoms with Crippen LogP contribution in [0.2, 0.25) is 0 Å². The zero-order valence-corrected chi connectivity index (χ0v) is 16.1. The molecule has 2 aromatic carbocycles. The Labute approximate surface area is 158 Å². The molecule has 1 aliphatic heterocycles. The van der Waals surface area contributed by atoms with Crippen molar-refractivity contribution in [2.45, 2.75) is 37.9 Å². The van der Waals surface area contributed by atoms with E-state index in [1.807, 2.05) is 62.4 Å². The molecule has 1 amide bonds. The Hall–Kier alpha value is -1.98. The van der Waals surface area contributed by atoms with Crippen LogP contribution in [0.3, 0.4) is 0 Å². The molecule has 2 aromatic rings. The summed E-state index contributed by atoms with van der Waals surface area (Å²) in [5.74, 6) is 2.10. The molecule has 3 rings (SSSR count). The van der Waals surface area contributed by atoms with Gasteiger partial charge in [0.15, 0.2) is 0 Å². The topological polar surface area (TPSA) is 61.4 Å². The average Bonchev–Trinajstić information content (AvgIpc) is 2.85. The van der Waals surface area contributed by atoms with Crippen LogP contribution in [0.1, 0.15) is 37.8 Å². The van der Waals surface area contributed by atoms with Crippen LogP contribution >= 0.6 is 0 Å². The second-order valence-corrected chi connectivity index (χ2v) is 8.69. The van der Waals surface area contributed by atoms with Gasteiger partial charge in [-0.3, -0.25) is 4.79 Å². The molecule has 5 heteroatoms. The normalized spacial score (nSPS) is 16.0. The van der Waals surface area contributed by atoms with Gasteiger partial charge in [-0.25, -0.2) is 0 Å². The van der Waals surface area contributed by atoms with Crippen molar-refractivity contribution in [1.82, 2.24) is 0 Å². The molecule has 0 saturated heterocycles. The number of amides is 1. The van der Waals surface area contributed by atoms with Crippen molar-refractivity contribution in [3.8, 4) is 5.75 Å². The van der Waals surface area contributed by atoms with Crippen molar-refractivity contribution in [2.24, 2.45) is 0 Å². The number of nitrogens with one attached hydrogen (secondary N) is 1.